The minimum atomic E-state index is -0.518. The summed E-state index contributed by atoms with van der Waals surface area (Å²) in [5.41, 5.74) is 9.17. The van der Waals surface area contributed by atoms with Gasteiger partial charge in [-0.3, -0.25) is 14.9 Å². The Morgan fingerprint density at radius 1 is 1.31 bits per heavy atom. The van der Waals surface area contributed by atoms with E-state index in [4.69, 9.17) is 5.21 Å². The predicted molar refractivity (Wildman–Crippen MR) is 116 cm³/mol. The minimum absolute atomic E-state index is 0.427. The molecule has 1 atom stereocenters. The molecule has 1 aliphatic carbocycles. The number of hydroxylamine groups is 1. The van der Waals surface area contributed by atoms with Gasteiger partial charge < -0.3 is 4.98 Å². The number of likely N-dealkylation sites (N-methyl/N-ethyl adjacent to an activating group) is 1. The molecule has 1 unspecified atom stereocenters. The van der Waals surface area contributed by atoms with Gasteiger partial charge in [-0.2, -0.15) is 0 Å². The monoisotopic (exact) mass is 389 g/mol. The molecule has 2 aromatic carbocycles. The number of carbonyl (C=O) groups excluding carboxylic acids is 1. The fraction of sp³-hybridized carbons (Fsp3) is 0.292. The Labute approximate surface area is 171 Å². The summed E-state index contributed by atoms with van der Waals surface area (Å²) in [4.78, 5) is 17.0. The number of amides is 1. The molecule has 5 heteroatoms. The van der Waals surface area contributed by atoms with Crippen LogP contribution in [0.4, 0.5) is 0 Å². The molecular weight excluding hydrogens is 362 g/mol. The van der Waals surface area contributed by atoms with E-state index in [1.165, 1.54) is 39.2 Å². The van der Waals surface area contributed by atoms with Crippen LogP contribution in [0.25, 0.3) is 17.0 Å². The molecule has 4 rings (SSSR count). The van der Waals surface area contributed by atoms with Gasteiger partial charge in [-0.1, -0.05) is 30.3 Å². The Bertz CT molecular complexity index is 1070. The van der Waals surface area contributed by atoms with Crippen LogP contribution in [0, 0.1) is 6.92 Å². The van der Waals surface area contributed by atoms with E-state index in [2.05, 4.69) is 60.4 Å². The van der Waals surface area contributed by atoms with Crippen molar-refractivity contribution >= 4 is 22.9 Å². The van der Waals surface area contributed by atoms with Gasteiger partial charge in [0.15, 0.2) is 0 Å². The maximum absolute atomic E-state index is 11.2. The Morgan fingerprint density at radius 3 is 3.00 bits per heavy atom. The number of aromatic amines is 1. The van der Waals surface area contributed by atoms with Crippen molar-refractivity contribution in [2.45, 2.75) is 32.2 Å². The van der Waals surface area contributed by atoms with Gasteiger partial charge in [-0.25, -0.2) is 5.48 Å². The average Bonchev–Trinajstić information content (AvgIpc) is 3.33. The molecule has 0 aliphatic heterocycles. The number of aryl methyl sites for hydroxylation is 2. The third kappa shape index (κ3) is 4.11. The van der Waals surface area contributed by atoms with Gasteiger partial charge in [0, 0.05) is 35.8 Å². The van der Waals surface area contributed by atoms with Crippen LogP contribution in [0.2, 0.25) is 0 Å². The smallest absolute Gasteiger partial charge is 0.267 e. The summed E-state index contributed by atoms with van der Waals surface area (Å²) < 4.78 is 0. The van der Waals surface area contributed by atoms with Crippen molar-refractivity contribution in [3.63, 3.8) is 0 Å². The normalized spacial score (nSPS) is 16.1. The van der Waals surface area contributed by atoms with Crippen LogP contribution in [-0.4, -0.2) is 34.6 Å². The molecule has 3 N–H and O–H groups in total. The first-order chi connectivity index (χ1) is 14.0. The lowest BCUT2D eigenvalue weighted by molar-refractivity contribution is -0.124. The lowest BCUT2D eigenvalue weighted by Gasteiger charge is -2.25. The van der Waals surface area contributed by atoms with E-state index in [9.17, 15) is 4.79 Å². The minimum Gasteiger partial charge on any atom is -0.361 e. The largest absolute Gasteiger partial charge is 0.361 e. The fourth-order valence-electron chi connectivity index (χ4n) is 4.35. The molecule has 1 amide bonds. The predicted octanol–water partition coefficient (Wildman–Crippen LogP) is 4.16. The van der Waals surface area contributed by atoms with Crippen molar-refractivity contribution in [1.82, 2.24) is 15.4 Å². The summed E-state index contributed by atoms with van der Waals surface area (Å²) in [6, 6.07) is 13.4. The Balaban J connectivity index is 1.43. The highest BCUT2D eigenvalue weighted by molar-refractivity contribution is 5.90. The molecule has 0 bridgehead atoms. The molecule has 0 saturated heterocycles. The van der Waals surface area contributed by atoms with E-state index < -0.39 is 5.91 Å². The second-order valence-electron chi connectivity index (χ2n) is 7.92. The molecule has 0 radical (unpaired) electrons. The van der Waals surface area contributed by atoms with Gasteiger partial charge >= 0.3 is 0 Å². The summed E-state index contributed by atoms with van der Waals surface area (Å²) >= 11 is 0. The number of fused-ring (bicyclic) bond motifs is 2. The number of rotatable bonds is 6. The van der Waals surface area contributed by atoms with Crippen molar-refractivity contribution in [2.75, 3.05) is 13.6 Å². The zero-order valence-corrected chi connectivity index (χ0v) is 16.9. The van der Waals surface area contributed by atoms with Crippen LogP contribution in [0.1, 0.15) is 40.3 Å². The Kier molecular flexibility index (Phi) is 5.51. The Morgan fingerprint density at radius 2 is 2.17 bits per heavy atom. The van der Waals surface area contributed by atoms with Gasteiger partial charge in [0.05, 0.1) is 0 Å². The molecule has 0 fully saturated rings. The molecule has 29 heavy (non-hydrogen) atoms. The van der Waals surface area contributed by atoms with E-state index in [1.54, 1.807) is 11.6 Å². The summed E-state index contributed by atoms with van der Waals surface area (Å²) in [7, 11) is 2.21. The fourth-order valence-corrected chi connectivity index (χ4v) is 4.35. The molecule has 1 heterocycles. The van der Waals surface area contributed by atoms with E-state index >= 15 is 0 Å². The standard InChI is InChI=1S/C24H27N3O2/c1-16-3-7-20-19(15-25-22(20)13-16)11-12-27(2)23-9-6-18-14-17(4-8-21(18)23)5-10-24(28)26-29/h3-5,7-8,10,13-15,23,25,29H,6,9,11-12H2,1-2H3,(H,26,28)/b10-5+. The number of benzene rings is 2. The molecule has 5 nitrogen and oxygen atoms in total. The SMILES string of the molecule is Cc1ccc2c(CCN(C)C3CCc4cc(/C=C/C(=O)NO)ccc43)c[nH]c2c1. The molecule has 0 spiro atoms. The van der Waals surface area contributed by atoms with Gasteiger partial charge in [0.25, 0.3) is 5.91 Å². The summed E-state index contributed by atoms with van der Waals surface area (Å²) in [6.45, 7) is 3.12. The second kappa shape index (κ2) is 8.23. The highest BCUT2D eigenvalue weighted by atomic mass is 16.5. The zero-order chi connectivity index (χ0) is 20.4. The first-order valence-corrected chi connectivity index (χ1v) is 10.1. The van der Waals surface area contributed by atoms with Crippen molar-refractivity contribution in [2.24, 2.45) is 0 Å². The van der Waals surface area contributed by atoms with Crippen LogP contribution < -0.4 is 5.48 Å². The van der Waals surface area contributed by atoms with Crippen LogP contribution in [0.3, 0.4) is 0 Å². The van der Waals surface area contributed by atoms with E-state index in [-0.39, 0.29) is 0 Å². The third-order valence-electron chi connectivity index (χ3n) is 5.94. The molecule has 1 aliphatic rings. The van der Waals surface area contributed by atoms with E-state index in [0.717, 1.165) is 31.4 Å². The van der Waals surface area contributed by atoms with Gasteiger partial charge in [0.2, 0.25) is 0 Å². The van der Waals surface area contributed by atoms with Gasteiger partial charge in [-0.15, -0.1) is 0 Å². The number of aromatic nitrogens is 1. The first-order valence-electron chi connectivity index (χ1n) is 10.1. The third-order valence-corrected chi connectivity index (χ3v) is 5.94. The highest BCUT2D eigenvalue weighted by Crippen LogP contribution is 2.36. The number of H-pyrrole nitrogens is 1. The maximum Gasteiger partial charge on any atom is 0.267 e. The summed E-state index contributed by atoms with van der Waals surface area (Å²) in [6.07, 6.45) is 8.38. The lowest BCUT2D eigenvalue weighted by atomic mass is 10.0. The van der Waals surface area contributed by atoms with Crippen molar-refractivity contribution < 1.29 is 10.0 Å². The number of hydrogen-bond donors (Lipinski definition) is 3. The van der Waals surface area contributed by atoms with Crippen molar-refractivity contribution in [3.8, 4) is 0 Å². The van der Waals surface area contributed by atoms with Gasteiger partial charge in [-0.05, 0) is 73.2 Å². The molecule has 3 aromatic rings. The number of nitrogens with one attached hydrogen (secondary N) is 2. The maximum atomic E-state index is 11.2. The zero-order valence-electron chi connectivity index (χ0n) is 16.9. The number of carbonyl (C=O) groups is 1. The quantitative estimate of drug-likeness (QED) is 0.337. The Hall–Kier alpha value is -2.89. The van der Waals surface area contributed by atoms with Crippen LogP contribution >= 0.6 is 0 Å². The first kappa shape index (κ1) is 19.4. The van der Waals surface area contributed by atoms with Gasteiger partial charge in [0.1, 0.15) is 0 Å². The van der Waals surface area contributed by atoms with Crippen LogP contribution in [-0.2, 0) is 17.6 Å². The van der Waals surface area contributed by atoms with E-state index in [0.29, 0.717) is 6.04 Å². The summed E-state index contributed by atoms with van der Waals surface area (Å²) in [5.74, 6) is -0.518. The van der Waals surface area contributed by atoms with Crippen LogP contribution in [0.15, 0.2) is 48.7 Å². The van der Waals surface area contributed by atoms with Crippen LogP contribution in [0.5, 0.6) is 0 Å². The highest BCUT2D eigenvalue weighted by Gasteiger charge is 2.25. The number of nitrogens with zero attached hydrogens (tertiary/aromatic N) is 1. The molecule has 1 aromatic heterocycles. The number of hydrogen-bond acceptors (Lipinski definition) is 3. The topological polar surface area (TPSA) is 68.4 Å². The van der Waals surface area contributed by atoms with E-state index in [1.807, 2.05) is 6.07 Å². The molecule has 0 saturated carbocycles. The molecule has 150 valence electrons. The lowest BCUT2D eigenvalue weighted by Crippen LogP contribution is -2.25. The molecular formula is C24H27N3O2. The van der Waals surface area contributed by atoms with Crippen molar-refractivity contribution in [3.05, 3.63) is 76.5 Å². The van der Waals surface area contributed by atoms with Crippen molar-refractivity contribution in [1.29, 1.82) is 0 Å². The second-order valence-corrected chi connectivity index (χ2v) is 7.92. The average molecular weight is 389 g/mol. The summed E-state index contributed by atoms with van der Waals surface area (Å²) in [5, 5.41) is 9.91.